The topological polar surface area (TPSA) is 82.2 Å². The van der Waals surface area contributed by atoms with E-state index in [1.54, 1.807) is 19.2 Å². The number of nitrogens with zero attached hydrogens (tertiary/aromatic N) is 2. The molecule has 0 fully saturated rings. The Morgan fingerprint density at radius 2 is 1.86 bits per heavy atom. The molecule has 0 saturated carbocycles. The average molecular weight is 455 g/mol. The molecule has 0 radical (unpaired) electrons. The lowest BCUT2D eigenvalue weighted by atomic mass is 10.2. The Hall–Kier alpha value is -3.01. The first-order valence-corrected chi connectivity index (χ1v) is 8.69. The molecule has 1 aromatic heterocycles. The second-order valence-electron chi connectivity index (χ2n) is 5.78. The van der Waals surface area contributed by atoms with Gasteiger partial charge < -0.3 is 15.8 Å². The lowest BCUT2D eigenvalue weighted by Crippen LogP contribution is -2.13. The van der Waals surface area contributed by atoms with Gasteiger partial charge >= 0.3 is 6.18 Å². The first kappa shape index (κ1) is 19.7. The van der Waals surface area contributed by atoms with E-state index in [1.165, 1.54) is 28.9 Å². The molecule has 0 atom stereocenters. The molecular formula is C18H14BrF3N4O2. The molecule has 0 bridgehead atoms. The summed E-state index contributed by atoms with van der Waals surface area (Å²) in [5.41, 5.74) is 5.54. The van der Waals surface area contributed by atoms with E-state index >= 15 is 0 Å². The van der Waals surface area contributed by atoms with Crippen LogP contribution in [0.1, 0.15) is 16.1 Å². The summed E-state index contributed by atoms with van der Waals surface area (Å²) in [4.78, 5) is 12.3. The van der Waals surface area contributed by atoms with Crippen LogP contribution < -0.4 is 15.8 Å². The fourth-order valence-electron chi connectivity index (χ4n) is 2.32. The summed E-state index contributed by atoms with van der Waals surface area (Å²) in [5, 5.41) is 6.68. The van der Waals surface area contributed by atoms with E-state index in [0.717, 1.165) is 12.1 Å². The van der Waals surface area contributed by atoms with Crippen LogP contribution in [-0.2, 0) is 13.2 Å². The van der Waals surface area contributed by atoms with Gasteiger partial charge in [0.15, 0.2) is 5.69 Å². The maximum absolute atomic E-state index is 12.8. The number of carbonyl (C=O) groups is 1. The molecule has 0 aliphatic rings. The number of aromatic nitrogens is 2. The van der Waals surface area contributed by atoms with E-state index in [9.17, 15) is 18.0 Å². The van der Waals surface area contributed by atoms with Crippen LogP contribution >= 0.6 is 15.9 Å². The summed E-state index contributed by atoms with van der Waals surface area (Å²) < 4.78 is 45.5. The van der Waals surface area contributed by atoms with Crippen molar-refractivity contribution in [1.82, 2.24) is 9.78 Å². The van der Waals surface area contributed by atoms with Gasteiger partial charge in [0.1, 0.15) is 17.3 Å². The molecule has 3 rings (SSSR count). The molecule has 0 aliphatic carbocycles. The van der Waals surface area contributed by atoms with Crippen molar-refractivity contribution in [3.63, 3.8) is 0 Å². The summed E-state index contributed by atoms with van der Waals surface area (Å²) in [6, 6.07) is 10.7. The number of nitrogen functional groups attached to an aromatic ring is 1. The lowest BCUT2D eigenvalue weighted by Gasteiger charge is -2.10. The van der Waals surface area contributed by atoms with Crippen LogP contribution in [0.15, 0.2) is 53.0 Å². The highest BCUT2D eigenvalue weighted by molar-refractivity contribution is 9.10. The molecule has 0 spiro atoms. The Kier molecular flexibility index (Phi) is 5.32. The van der Waals surface area contributed by atoms with Crippen LogP contribution in [0.3, 0.4) is 0 Å². The number of halogens is 4. The molecule has 146 valence electrons. The fourth-order valence-corrected chi connectivity index (χ4v) is 2.84. The first-order chi connectivity index (χ1) is 13.1. The van der Waals surface area contributed by atoms with Crippen LogP contribution in [0, 0.1) is 0 Å². The molecule has 0 saturated heterocycles. The number of carbonyl (C=O) groups excluding carboxylic acids is 1. The number of ether oxygens (including phenoxy) is 1. The van der Waals surface area contributed by atoms with Crippen molar-refractivity contribution in [3.05, 3.63) is 64.3 Å². The number of hydrogen-bond acceptors (Lipinski definition) is 4. The zero-order valence-electron chi connectivity index (χ0n) is 14.4. The molecule has 28 heavy (non-hydrogen) atoms. The lowest BCUT2D eigenvalue weighted by molar-refractivity contribution is -0.137. The Morgan fingerprint density at radius 1 is 1.18 bits per heavy atom. The predicted octanol–water partition coefficient (Wildman–Crippen LogP) is 4.83. The van der Waals surface area contributed by atoms with Gasteiger partial charge in [-0.15, -0.1) is 0 Å². The molecule has 2 aromatic carbocycles. The number of rotatable bonds is 4. The van der Waals surface area contributed by atoms with Gasteiger partial charge in [-0.2, -0.15) is 18.3 Å². The molecule has 3 aromatic rings. The third-order valence-corrected chi connectivity index (χ3v) is 4.54. The highest BCUT2D eigenvalue weighted by Gasteiger charge is 2.30. The van der Waals surface area contributed by atoms with Crippen LogP contribution in [0.5, 0.6) is 11.5 Å². The van der Waals surface area contributed by atoms with Gasteiger partial charge in [-0.3, -0.25) is 9.48 Å². The summed E-state index contributed by atoms with van der Waals surface area (Å²) in [5.74, 6) is 0.223. The Labute approximate surface area is 166 Å². The Morgan fingerprint density at radius 3 is 2.43 bits per heavy atom. The van der Waals surface area contributed by atoms with E-state index in [2.05, 4.69) is 26.3 Å². The zero-order valence-corrected chi connectivity index (χ0v) is 16.0. The highest BCUT2D eigenvalue weighted by atomic mass is 79.9. The van der Waals surface area contributed by atoms with Crippen molar-refractivity contribution in [3.8, 4) is 11.5 Å². The summed E-state index contributed by atoms with van der Waals surface area (Å²) in [6.45, 7) is 0. The normalized spacial score (nSPS) is 11.3. The SMILES string of the molecule is Cn1nc(C(=O)Nc2ccc(Oc3cccc(C(F)(F)F)c3)cc2)c(Br)c1N. The molecule has 1 heterocycles. The third kappa shape index (κ3) is 4.28. The quantitative estimate of drug-likeness (QED) is 0.591. The van der Waals surface area contributed by atoms with Gasteiger partial charge in [-0.05, 0) is 58.4 Å². The molecule has 3 N–H and O–H groups in total. The minimum absolute atomic E-state index is 0.0551. The molecule has 0 unspecified atom stereocenters. The van der Waals surface area contributed by atoms with E-state index in [0.29, 0.717) is 21.7 Å². The Bertz CT molecular complexity index is 1020. The minimum atomic E-state index is -4.45. The van der Waals surface area contributed by atoms with Crippen molar-refractivity contribution in [2.75, 3.05) is 11.1 Å². The van der Waals surface area contributed by atoms with Crippen LogP contribution in [-0.4, -0.2) is 15.7 Å². The predicted molar refractivity (Wildman–Crippen MR) is 101 cm³/mol. The van der Waals surface area contributed by atoms with E-state index in [1.807, 2.05) is 0 Å². The maximum atomic E-state index is 12.8. The number of alkyl halides is 3. The van der Waals surface area contributed by atoms with E-state index in [4.69, 9.17) is 10.5 Å². The molecule has 10 heteroatoms. The third-order valence-electron chi connectivity index (χ3n) is 3.76. The van der Waals surface area contributed by atoms with Crippen molar-refractivity contribution in [2.45, 2.75) is 6.18 Å². The van der Waals surface area contributed by atoms with E-state index < -0.39 is 17.6 Å². The molecular weight excluding hydrogens is 441 g/mol. The van der Waals surface area contributed by atoms with Gasteiger partial charge in [-0.1, -0.05) is 6.07 Å². The number of benzene rings is 2. The molecule has 6 nitrogen and oxygen atoms in total. The number of hydrogen-bond donors (Lipinski definition) is 2. The zero-order chi connectivity index (χ0) is 20.5. The second-order valence-corrected chi connectivity index (χ2v) is 6.57. The largest absolute Gasteiger partial charge is 0.457 e. The smallest absolute Gasteiger partial charge is 0.416 e. The number of amides is 1. The number of aryl methyl sites for hydroxylation is 1. The van der Waals surface area contributed by atoms with Gasteiger partial charge in [0, 0.05) is 12.7 Å². The van der Waals surface area contributed by atoms with E-state index in [-0.39, 0.29) is 11.4 Å². The van der Waals surface area contributed by atoms with Crippen LogP contribution in [0.4, 0.5) is 24.7 Å². The number of nitrogens with one attached hydrogen (secondary N) is 1. The summed E-state index contributed by atoms with van der Waals surface area (Å²) in [7, 11) is 1.61. The minimum Gasteiger partial charge on any atom is -0.457 e. The van der Waals surface area contributed by atoms with Gasteiger partial charge in [0.25, 0.3) is 5.91 Å². The number of nitrogens with two attached hydrogens (primary N) is 1. The molecule has 0 aliphatic heterocycles. The highest BCUT2D eigenvalue weighted by Crippen LogP contribution is 2.33. The van der Waals surface area contributed by atoms with Crippen LogP contribution in [0.2, 0.25) is 0 Å². The van der Waals surface area contributed by atoms with Crippen molar-refractivity contribution >= 4 is 33.3 Å². The van der Waals surface area contributed by atoms with Gasteiger partial charge in [0.05, 0.1) is 10.0 Å². The standard InChI is InChI=1S/C18H14BrF3N4O2/c1-26-16(23)14(19)15(25-26)17(27)24-11-5-7-12(8-6-11)28-13-4-2-3-10(9-13)18(20,21)22/h2-9H,23H2,1H3,(H,24,27). The monoisotopic (exact) mass is 454 g/mol. The van der Waals surface area contributed by atoms with Crippen molar-refractivity contribution in [2.24, 2.45) is 7.05 Å². The van der Waals surface area contributed by atoms with Gasteiger partial charge in [0.2, 0.25) is 0 Å². The maximum Gasteiger partial charge on any atom is 0.416 e. The average Bonchev–Trinajstić information content (AvgIpc) is 2.90. The van der Waals surface area contributed by atoms with Crippen LogP contribution in [0.25, 0.3) is 0 Å². The Balaban J connectivity index is 1.70. The first-order valence-electron chi connectivity index (χ1n) is 7.89. The second kappa shape index (κ2) is 7.55. The summed E-state index contributed by atoms with van der Waals surface area (Å²) in [6.07, 6.45) is -4.45. The van der Waals surface area contributed by atoms with Crippen molar-refractivity contribution in [1.29, 1.82) is 0 Å². The van der Waals surface area contributed by atoms with Gasteiger partial charge in [-0.25, -0.2) is 0 Å². The summed E-state index contributed by atoms with van der Waals surface area (Å²) >= 11 is 3.21. The molecule has 1 amide bonds. The van der Waals surface area contributed by atoms with Crippen molar-refractivity contribution < 1.29 is 22.7 Å². The fraction of sp³-hybridized carbons (Fsp3) is 0.111. The number of anilines is 2.